The second-order valence-electron chi connectivity index (χ2n) is 7.25. The molecule has 1 fully saturated rings. The first-order valence-electron chi connectivity index (χ1n) is 9.77. The van der Waals surface area contributed by atoms with Gasteiger partial charge >= 0.3 is 0 Å². The first-order chi connectivity index (χ1) is 14.4. The van der Waals surface area contributed by atoms with Crippen molar-refractivity contribution >= 4 is 38.6 Å². The molecule has 0 radical (unpaired) electrons. The number of fused-ring (bicyclic) bond motifs is 1. The van der Waals surface area contributed by atoms with E-state index < -0.39 is 10.0 Å². The number of hydrogen-bond acceptors (Lipinski definition) is 6. The molecule has 0 spiro atoms. The summed E-state index contributed by atoms with van der Waals surface area (Å²) in [6.07, 6.45) is 2.01. The van der Waals surface area contributed by atoms with Gasteiger partial charge in [-0.25, -0.2) is 18.4 Å². The molecule has 0 bridgehead atoms. The highest BCUT2D eigenvalue weighted by atomic mass is 32.2. The summed E-state index contributed by atoms with van der Waals surface area (Å²) in [5.74, 6) is 0.386. The van der Waals surface area contributed by atoms with Crippen LogP contribution in [0.1, 0.15) is 12.8 Å². The van der Waals surface area contributed by atoms with Crippen LogP contribution in [0.15, 0.2) is 59.5 Å². The molecular weight excluding hydrogens is 402 g/mol. The fourth-order valence-electron chi connectivity index (χ4n) is 3.46. The van der Waals surface area contributed by atoms with E-state index in [2.05, 4.69) is 14.7 Å². The van der Waals surface area contributed by atoms with Crippen molar-refractivity contribution in [3.63, 3.8) is 0 Å². The van der Waals surface area contributed by atoms with Crippen molar-refractivity contribution in [2.45, 2.75) is 17.7 Å². The van der Waals surface area contributed by atoms with Crippen molar-refractivity contribution in [1.29, 1.82) is 0 Å². The fraction of sp³-hybridized carbons (Fsp3) is 0.286. The monoisotopic (exact) mass is 425 g/mol. The Morgan fingerprint density at radius 2 is 1.60 bits per heavy atom. The van der Waals surface area contributed by atoms with E-state index in [1.54, 1.807) is 42.3 Å². The Morgan fingerprint density at radius 1 is 1.00 bits per heavy atom. The van der Waals surface area contributed by atoms with Crippen LogP contribution in [0.4, 0.5) is 11.6 Å². The van der Waals surface area contributed by atoms with Crippen LogP contribution in [0.5, 0.6) is 0 Å². The summed E-state index contributed by atoms with van der Waals surface area (Å²) in [5, 5.41) is 0. The zero-order valence-corrected chi connectivity index (χ0v) is 17.5. The lowest BCUT2D eigenvalue weighted by Gasteiger charge is -2.24. The summed E-state index contributed by atoms with van der Waals surface area (Å²) in [4.78, 5) is 25.3. The standard InChI is InChI=1S/C21H23N5O3S/c1-25(15-19(27)26-13-7-8-14-26)21-20(22-17-11-5-6-12-18(17)23-21)24-30(28,29)16-9-3-2-4-10-16/h2-6,9-12H,7-8,13-15H2,1H3,(H,22,24). The lowest BCUT2D eigenvalue weighted by molar-refractivity contribution is -0.128. The third-order valence-corrected chi connectivity index (χ3v) is 6.38. The van der Waals surface area contributed by atoms with Crippen molar-refractivity contribution in [3.8, 4) is 0 Å². The molecule has 0 unspecified atom stereocenters. The molecule has 8 nitrogen and oxygen atoms in total. The minimum atomic E-state index is -3.86. The van der Waals surface area contributed by atoms with Crippen LogP contribution in [0.25, 0.3) is 11.0 Å². The first-order valence-corrected chi connectivity index (χ1v) is 11.3. The molecule has 2 aromatic carbocycles. The molecular formula is C21H23N5O3S. The van der Waals surface area contributed by atoms with Gasteiger partial charge in [-0.2, -0.15) is 0 Å². The molecule has 1 amide bonds. The van der Waals surface area contributed by atoms with Crippen LogP contribution in [-0.2, 0) is 14.8 Å². The summed E-state index contributed by atoms with van der Waals surface area (Å²) in [5.41, 5.74) is 1.18. The molecule has 1 aliphatic heterocycles. The van der Waals surface area contributed by atoms with Crippen molar-refractivity contribution in [2.24, 2.45) is 0 Å². The van der Waals surface area contributed by atoms with Gasteiger partial charge in [-0.3, -0.25) is 9.52 Å². The topological polar surface area (TPSA) is 95.5 Å². The second-order valence-corrected chi connectivity index (χ2v) is 8.93. The van der Waals surface area contributed by atoms with Crippen LogP contribution in [0, 0.1) is 0 Å². The van der Waals surface area contributed by atoms with Gasteiger partial charge in [-0.1, -0.05) is 30.3 Å². The number of nitrogens with zero attached hydrogens (tertiary/aromatic N) is 4. The number of anilines is 2. The zero-order chi connectivity index (χ0) is 21.1. The molecule has 1 N–H and O–H groups in total. The van der Waals surface area contributed by atoms with Crippen LogP contribution in [0.2, 0.25) is 0 Å². The number of likely N-dealkylation sites (tertiary alicyclic amines) is 1. The number of para-hydroxylation sites is 2. The summed E-state index contributed by atoms with van der Waals surface area (Å²) < 4.78 is 28.3. The van der Waals surface area contributed by atoms with E-state index in [1.165, 1.54) is 12.1 Å². The van der Waals surface area contributed by atoms with Crippen molar-refractivity contribution in [3.05, 3.63) is 54.6 Å². The third kappa shape index (κ3) is 4.20. The maximum Gasteiger partial charge on any atom is 0.263 e. The Labute approximate surface area is 175 Å². The summed E-state index contributed by atoms with van der Waals surface area (Å²) in [6.45, 7) is 1.60. The number of aromatic nitrogens is 2. The highest BCUT2D eigenvalue weighted by molar-refractivity contribution is 7.92. The average molecular weight is 426 g/mol. The van der Waals surface area contributed by atoms with Gasteiger partial charge < -0.3 is 9.80 Å². The van der Waals surface area contributed by atoms with Crippen LogP contribution < -0.4 is 9.62 Å². The molecule has 9 heteroatoms. The van der Waals surface area contributed by atoms with Crippen molar-refractivity contribution in [1.82, 2.24) is 14.9 Å². The highest BCUT2D eigenvalue weighted by Gasteiger charge is 2.24. The van der Waals surface area contributed by atoms with Crippen LogP contribution in [0.3, 0.4) is 0 Å². The van der Waals surface area contributed by atoms with Gasteiger partial charge in [0.05, 0.1) is 22.5 Å². The predicted octanol–water partition coefficient (Wildman–Crippen LogP) is 2.49. The number of nitrogens with one attached hydrogen (secondary N) is 1. The Balaban J connectivity index is 1.69. The second kappa shape index (κ2) is 8.27. The Hall–Kier alpha value is -3.20. The number of hydrogen-bond donors (Lipinski definition) is 1. The van der Waals surface area contributed by atoms with Gasteiger partial charge in [-0.15, -0.1) is 0 Å². The van der Waals surface area contributed by atoms with E-state index in [0.29, 0.717) is 16.9 Å². The summed E-state index contributed by atoms with van der Waals surface area (Å²) in [7, 11) is -2.14. The lowest BCUT2D eigenvalue weighted by atomic mass is 10.3. The predicted molar refractivity (Wildman–Crippen MR) is 116 cm³/mol. The third-order valence-electron chi connectivity index (χ3n) is 5.03. The molecule has 0 atom stereocenters. The van der Waals surface area contributed by atoms with E-state index in [9.17, 15) is 13.2 Å². The van der Waals surface area contributed by atoms with Gasteiger partial charge in [0.1, 0.15) is 0 Å². The van der Waals surface area contributed by atoms with E-state index in [-0.39, 0.29) is 23.2 Å². The Kier molecular flexibility index (Phi) is 5.54. The number of likely N-dealkylation sites (N-methyl/N-ethyl adjacent to an activating group) is 1. The molecule has 2 heterocycles. The molecule has 1 aliphatic rings. The van der Waals surface area contributed by atoms with Gasteiger partial charge in [0.2, 0.25) is 5.91 Å². The van der Waals surface area contributed by atoms with Gasteiger partial charge in [0, 0.05) is 20.1 Å². The normalized spacial score (nSPS) is 14.1. The molecule has 30 heavy (non-hydrogen) atoms. The molecule has 3 aromatic rings. The molecule has 156 valence electrons. The lowest BCUT2D eigenvalue weighted by Crippen LogP contribution is -2.38. The van der Waals surface area contributed by atoms with Gasteiger partial charge in [0.15, 0.2) is 11.6 Å². The van der Waals surface area contributed by atoms with Crippen molar-refractivity contribution in [2.75, 3.05) is 36.3 Å². The SMILES string of the molecule is CN(CC(=O)N1CCCC1)c1nc2ccccc2nc1NS(=O)(=O)c1ccccc1. The zero-order valence-electron chi connectivity index (χ0n) is 16.7. The maximum atomic E-state index is 12.9. The fourth-order valence-corrected chi connectivity index (χ4v) is 4.48. The van der Waals surface area contributed by atoms with Gasteiger partial charge in [-0.05, 0) is 37.1 Å². The number of amides is 1. The number of sulfonamides is 1. The largest absolute Gasteiger partial charge is 0.347 e. The Bertz CT molecular complexity index is 1160. The quantitative estimate of drug-likeness (QED) is 0.652. The first kappa shape index (κ1) is 20.1. The summed E-state index contributed by atoms with van der Waals surface area (Å²) >= 11 is 0. The van der Waals surface area contributed by atoms with Gasteiger partial charge in [0.25, 0.3) is 10.0 Å². The van der Waals surface area contributed by atoms with E-state index >= 15 is 0 Å². The maximum absolute atomic E-state index is 12.9. The number of benzene rings is 2. The highest BCUT2D eigenvalue weighted by Crippen LogP contribution is 2.26. The smallest absolute Gasteiger partial charge is 0.263 e. The average Bonchev–Trinajstić information content (AvgIpc) is 3.29. The Morgan fingerprint density at radius 3 is 2.27 bits per heavy atom. The number of rotatable bonds is 6. The molecule has 1 aromatic heterocycles. The number of carbonyl (C=O) groups excluding carboxylic acids is 1. The van der Waals surface area contributed by atoms with E-state index in [1.807, 2.05) is 17.0 Å². The minimum absolute atomic E-state index is 0.0122. The minimum Gasteiger partial charge on any atom is -0.347 e. The van der Waals surface area contributed by atoms with E-state index in [4.69, 9.17) is 0 Å². The van der Waals surface area contributed by atoms with Crippen LogP contribution >= 0.6 is 0 Å². The molecule has 0 aliphatic carbocycles. The van der Waals surface area contributed by atoms with Crippen LogP contribution in [-0.4, -0.2) is 55.9 Å². The number of carbonyl (C=O) groups is 1. The molecule has 4 rings (SSSR count). The summed E-state index contributed by atoms with van der Waals surface area (Å²) in [6, 6.07) is 15.3. The van der Waals surface area contributed by atoms with E-state index in [0.717, 1.165) is 25.9 Å². The molecule has 0 saturated carbocycles. The van der Waals surface area contributed by atoms with Crippen molar-refractivity contribution < 1.29 is 13.2 Å². The molecule has 1 saturated heterocycles.